The van der Waals surface area contributed by atoms with Crippen molar-refractivity contribution in [3.8, 4) is 5.69 Å². The Morgan fingerprint density at radius 3 is 2.69 bits per heavy atom. The zero-order chi connectivity index (χ0) is 26.8. The number of nitrogens with one attached hydrogen (secondary N) is 1. The molecule has 203 valence electrons. The SMILES string of the molecule is [CH2-]CC(CC[OH+]Cc1cc2c(-n3ccc4c(c3=O)CCN4)ccnc2n1C)c1ccc(C(=O)N(C)C)cc1.[Nb]. The van der Waals surface area contributed by atoms with E-state index in [1.54, 1.807) is 29.8 Å². The minimum absolute atomic E-state index is 0. The van der Waals surface area contributed by atoms with Crippen LogP contribution in [0.4, 0.5) is 5.69 Å². The zero-order valence-electron chi connectivity index (χ0n) is 22.7. The number of carbonyl (C=O) groups excluding carboxylic acids is 1. The van der Waals surface area contributed by atoms with E-state index in [0.29, 0.717) is 18.8 Å². The Morgan fingerprint density at radius 1 is 1.21 bits per heavy atom. The van der Waals surface area contributed by atoms with Gasteiger partial charge in [-0.3, -0.25) is 14.2 Å². The van der Waals surface area contributed by atoms with Crippen LogP contribution in [-0.2, 0) is 42.5 Å². The molecule has 0 spiro atoms. The molecule has 0 saturated heterocycles. The molecule has 1 aromatic carbocycles. The fourth-order valence-corrected chi connectivity index (χ4v) is 5.19. The maximum atomic E-state index is 13.2. The van der Waals surface area contributed by atoms with Gasteiger partial charge < -0.3 is 26.4 Å². The molecule has 8 nitrogen and oxygen atoms in total. The van der Waals surface area contributed by atoms with Crippen molar-refractivity contribution in [1.29, 1.82) is 0 Å². The van der Waals surface area contributed by atoms with Crippen molar-refractivity contribution >= 4 is 22.6 Å². The first-order valence-electron chi connectivity index (χ1n) is 13.0. The number of carbonyl (C=O) groups is 1. The van der Waals surface area contributed by atoms with Gasteiger partial charge in [0, 0.05) is 91.1 Å². The Labute approximate surface area is 244 Å². The van der Waals surface area contributed by atoms with Gasteiger partial charge in [0.2, 0.25) is 0 Å². The molecule has 1 unspecified atom stereocenters. The Hall–Kier alpha value is -3.17. The van der Waals surface area contributed by atoms with Crippen LogP contribution < -0.4 is 10.9 Å². The van der Waals surface area contributed by atoms with Gasteiger partial charge in [-0.15, -0.1) is 0 Å². The van der Waals surface area contributed by atoms with Crippen LogP contribution in [0.15, 0.2) is 59.7 Å². The summed E-state index contributed by atoms with van der Waals surface area (Å²) in [6, 6.07) is 13.8. The minimum atomic E-state index is 0. The number of aromatic nitrogens is 3. The summed E-state index contributed by atoms with van der Waals surface area (Å²) >= 11 is 0. The molecular weight excluding hydrogens is 571 g/mol. The number of hydrogen-bond acceptors (Lipinski definition) is 4. The fraction of sp³-hybridized carbons (Fsp3) is 0.333. The average molecular weight is 607 g/mol. The van der Waals surface area contributed by atoms with E-state index in [1.807, 2.05) is 49.6 Å². The van der Waals surface area contributed by atoms with Crippen molar-refractivity contribution in [2.75, 3.05) is 32.6 Å². The molecule has 1 aliphatic heterocycles. The standard InChI is InChI=1S/C30H34N5O3.Nb/c1-5-20(21-6-8-22(9-7-21)29(36)33(2)3)13-17-38-19-23-18-25-27(11-15-32-28(25)34(23)4)35-16-12-26-24(30(35)37)10-14-31-26;/h6-9,11-12,15-16,18,20,31H,1,5,10,13-14,17,19H2,2-4H3;/q-1;/p+1. The topological polar surface area (TPSA) is 85.0 Å². The first-order chi connectivity index (χ1) is 18.4. The third kappa shape index (κ3) is 5.75. The second kappa shape index (κ2) is 12.3. The molecule has 0 saturated carbocycles. The van der Waals surface area contributed by atoms with Gasteiger partial charge in [-0.25, -0.2) is 4.98 Å². The van der Waals surface area contributed by atoms with Crippen molar-refractivity contribution in [2.24, 2.45) is 7.05 Å². The maximum Gasteiger partial charge on any atom is 0.260 e. The number of anilines is 1. The van der Waals surface area contributed by atoms with E-state index in [9.17, 15) is 9.59 Å². The van der Waals surface area contributed by atoms with Gasteiger partial charge in [-0.05, 0) is 48.2 Å². The first-order valence-corrected chi connectivity index (χ1v) is 13.0. The van der Waals surface area contributed by atoms with Crippen LogP contribution in [0.25, 0.3) is 16.7 Å². The van der Waals surface area contributed by atoms with Gasteiger partial charge in [-0.2, -0.15) is 6.42 Å². The van der Waals surface area contributed by atoms with Crippen LogP contribution in [0.3, 0.4) is 0 Å². The molecule has 1 radical (unpaired) electrons. The largest absolute Gasteiger partial charge is 0.429 e. The number of amides is 1. The molecule has 1 atom stereocenters. The summed E-state index contributed by atoms with van der Waals surface area (Å²) < 4.78 is 8.62. The van der Waals surface area contributed by atoms with E-state index < -0.39 is 0 Å². The molecule has 4 heterocycles. The Kier molecular flexibility index (Phi) is 9.12. The quantitative estimate of drug-likeness (QED) is 0.136. The van der Waals surface area contributed by atoms with E-state index >= 15 is 0 Å². The molecule has 0 fully saturated rings. The Bertz CT molecular complexity index is 1520. The summed E-state index contributed by atoms with van der Waals surface area (Å²) in [6.07, 6.45) is 5.99. The maximum absolute atomic E-state index is 13.2. The number of benzene rings is 1. The summed E-state index contributed by atoms with van der Waals surface area (Å²) in [5.74, 6) is 0.285. The van der Waals surface area contributed by atoms with Crippen molar-refractivity contribution in [2.45, 2.75) is 31.8 Å². The summed E-state index contributed by atoms with van der Waals surface area (Å²) in [5, 5.41) is 4.21. The predicted octanol–water partition coefficient (Wildman–Crippen LogP) is 3.82. The predicted molar refractivity (Wildman–Crippen MR) is 151 cm³/mol. The number of nitrogens with zero attached hydrogens (tertiary/aromatic N) is 4. The van der Waals surface area contributed by atoms with Gasteiger partial charge in [0.1, 0.15) is 12.3 Å². The molecule has 2 N–H and O–H groups in total. The monoisotopic (exact) mass is 606 g/mol. The van der Waals surface area contributed by atoms with Crippen LogP contribution in [0.2, 0.25) is 0 Å². The Balaban J connectivity index is 0.00000353. The number of aliphatic hydroxyl groups is 2. The van der Waals surface area contributed by atoms with Gasteiger partial charge in [0.25, 0.3) is 11.5 Å². The van der Waals surface area contributed by atoms with Crippen molar-refractivity contribution in [3.63, 3.8) is 0 Å². The molecule has 4 aromatic rings. The second-order valence-corrected chi connectivity index (χ2v) is 10.0. The molecular formula is C30H35N5NbO3. The summed E-state index contributed by atoms with van der Waals surface area (Å²) in [7, 11) is 5.51. The minimum Gasteiger partial charge on any atom is -0.429 e. The van der Waals surface area contributed by atoms with Crippen LogP contribution in [-0.4, -0.2) is 56.9 Å². The second-order valence-electron chi connectivity index (χ2n) is 10.0. The van der Waals surface area contributed by atoms with Crippen molar-refractivity contribution < 1.29 is 31.9 Å². The molecule has 0 bridgehead atoms. The molecule has 1 aliphatic rings. The van der Waals surface area contributed by atoms with E-state index in [0.717, 1.165) is 59.5 Å². The number of aryl methyl sites for hydroxylation is 1. The van der Waals surface area contributed by atoms with E-state index in [-0.39, 0.29) is 39.8 Å². The number of rotatable bonds is 9. The van der Waals surface area contributed by atoms with Gasteiger partial charge in [-0.1, -0.05) is 12.1 Å². The third-order valence-corrected chi connectivity index (χ3v) is 7.44. The normalized spacial score (nSPS) is 13.0. The molecule has 9 heteroatoms. The van der Waals surface area contributed by atoms with Crippen molar-refractivity contribution in [1.82, 2.24) is 19.0 Å². The molecule has 3 aromatic heterocycles. The van der Waals surface area contributed by atoms with E-state index in [1.165, 1.54) is 5.56 Å². The summed E-state index contributed by atoms with van der Waals surface area (Å²) in [4.78, 5) is 31.5. The van der Waals surface area contributed by atoms with Crippen LogP contribution in [0, 0.1) is 6.92 Å². The molecule has 1 amide bonds. The fourth-order valence-electron chi connectivity index (χ4n) is 5.19. The van der Waals surface area contributed by atoms with Crippen LogP contribution in [0.5, 0.6) is 0 Å². The number of ether oxygens (including phenoxy) is 1. The number of hydrogen-bond donors (Lipinski definition) is 1. The summed E-state index contributed by atoms with van der Waals surface area (Å²) in [6.45, 7) is 6.20. The third-order valence-electron chi connectivity index (χ3n) is 7.44. The summed E-state index contributed by atoms with van der Waals surface area (Å²) in [5.41, 5.74) is 6.38. The molecule has 5 rings (SSSR count). The van der Waals surface area contributed by atoms with E-state index in [4.69, 9.17) is 4.74 Å². The Morgan fingerprint density at radius 2 is 1.97 bits per heavy atom. The van der Waals surface area contributed by atoms with Crippen LogP contribution in [0.1, 0.15) is 45.9 Å². The molecule has 39 heavy (non-hydrogen) atoms. The van der Waals surface area contributed by atoms with E-state index in [2.05, 4.69) is 27.9 Å². The number of pyridine rings is 2. The zero-order valence-corrected chi connectivity index (χ0v) is 24.9. The van der Waals surface area contributed by atoms with Crippen LogP contribution >= 0.6 is 0 Å². The van der Waals surface area contributed by atoms with Gasteiger partial charge in [0.05, 0.1) is 11.4 Å². The number of fused-ring (bicyclic) bond motifs is 2. The average Bonchev–Trinajstić information content (AvgIpc) is 3.54. The smallest absolute Gasteiger partial charge is 0.260 e. The molecule has 0 aliphatic carbocycles. The first kappa shape index (κ1) is 28.8. The van der Waals surface area contributed by atoms with Gasteiger partial charge >= 0.3 is 0 Å². The van der Waals surface area contributed by atoms with Gasteiger partial charge in [0.15, 0.2) is 6.61 Å². The van der Waals surface area contributed by atoms with Crippen molar-refractivity contribution in [3.05, 3.63) is 94.5 Å².